The SMILES string of the molecule is CCC1(c2ccc(OC)c(C)c2)NC(=O)N(CC(=O)N2CCCNCC2)C1=O. The van der Waals surface area contributed by atoms with Gasteiger partial charge in [0.1, 0.15) is 17.8 Å². The Labute approximate surface area is 165 Å². The number of hydrogen-bond donors (Lipinski definition) is 2. The van der Waals surface area contributed by atoms with Crippen LogP contribution in [0, 0.1) is 6.92 Å². The monoisotopic (exact) mass is 388 g/mol. The van der Waals surface area contributed by atoms with Gasteiger partial charge in [-0.3, -0.25) is 14.5 Å². The van der Waals surface area contributed by atoms with Crippen molar-refractivity contribution < 1.29 is 19.1 Å². The van der Waals surface area contributed by atoms with Gasteiger partial charge in [-0.25, -0.2) is 4.79 Å². The van der Waals surface area contributed by atoms with Crippen LogP contribution < -0.4 is 15.4 Å². The number of methoxy groups -OCH3 is 1. The van der Waals surface area contributed by atoms with E-state index in [9.17, 15) is 14.4 Å². The van der Waals surface area contributed by atoms with Crippen LogP contribution >= 0.6 is 0 Å². The third kappa shape index (κ3) is 3.56. The van der Waals surface area contributed by atoms with Gasteiger partial charge in [0.2, 0.25) is 5.91 Å². The van der Waals surface area contributed by atoms with E-state index in [-0.39, 0.29) is 18.4 Å². The molecule has 2 heterocycles. The Morgan fingerprint density at radius 3 is 2.71 bits per heavy atom. The number of carbonyl (C=O) groups excluding carboxylic acids is 3. The van der Waals surface area contributed by atoms with E-state index in [2.05, 4.69) is 10.6 Å². The van der Waals surface area contributed by atoms with E-state index < -0.39 is 11.6 Å². The summed E-state index contributed by atoms with van der Waals surface area (Å²) in [4.78, 5) is 41.3. The second-order valence-corrected chi connectivity index (χ2v) is 7.25. The van der Waals surface area contributed by atoms with Gasteiger partial charge in [0.25, 0.3) is 5.91 Å². The Morgan fingerprint density at radius 1 is 1.25 bits per heavy atom. The van der Waals surface area contributed by atoms with E-state index in [1.807, 2.05) is 19.9 Å². The highest BCUT2D eigenvalue weighted by Gasteiger charge is 2.52. The molecule has 1 aromatic rings. The van der Waals surface area contributed by atoms with E-state index in [1.165, 1.54) is 0 Å². The number of nitrogens with zero attached hydrogens (tertiary/aromatic N) is 2. The largest absolute Gasteiger partial charge is 0.496 e. The predicted octanol–water partition coefficient (Wildman–Crippen LogP) is 0.983. The molecule has 28 heavy (non-hydrogen) atoms. The molecule has 0 bridgehead atoms. The molecule has 2 aliphatic heterocycles. The number of urea groups is 1. The molecule has 4 amide bonds. The van der Waals surface area contributed by atoms with Crippen molar-refractivity contribution in [1.29, 1.82) is 0 Å². The summed E-state index contributed by atoms with van der Waals surface area (Å²) in [5.74, 6) is 0.129. The van der Waals surface area contributed by atoms with E-state index in [0.717, 1.165) is 30.0 Å². The van der Waals surface area contributed by atoms with Crippen LogP contribution in [0.2, 0.25) is 0 Å². The summed E-state index contributed by atoms with van der Waals surface area (Å²) in [5, 5.41) is 6.07. The van der Waals surface area contributed by atoms with Gasteiger partial charge in [-0.2, -0.15) is 0 Å². The molecule has 2 N–H and O–H groups in total. The molecule has 2 fully saturated rings. The van der Waals surface area contributed by atoms with Crippen molar-refractivity contribution in [2.45, 2.75) is 32.2 Å². The molecule has 3 rings (SSSR count). The number of imide groups is 1. The first-order chi connectivity index (χ1) is 13.4. The highest BCUT2D eigenvalue weighted by Crippen LogP contribution is 2.34. The summed E-state index contributed by atoms with van der Waals surface area (Å²) in [6, 6.07) is 4.91. The molecule has 1 unspecified atom stereocenters. The van der Waals surface area contributed by atoms with Gasteiger partial charge >= 0.3 is 6.03 Å². The van der Waals surface area contributed by atoms with E-state index >= 15 is 0 Å². The fourth-order valence-electron chi connectivity index (χ4n) is 3.88. The molecular formula is C20H28N4O4. The van der Waals surface area contributed by atoms with Gasteiger partial charge in [0.15, 0.2) is 0 Å². The summed E-state index contributed by atoms with van der Waals surface area (Å²) in [5.41, 5.74) is 0.413. The van der Waals surface area contributed by atoms with E-state index in [1.54, 1.807) is 24.1 Å². The van der Waals surface area contributed by atoms with Crippen molar-refractivity contribution in [3.05, 3.63) is 29.3 Å². The number of nitrogens with one attached hydrogen (secondary N) is 2. The van der Waals surface area contributed by atoms with Crippen molar-refractivity contribution in [2.24, 2.45) is 0 Å². The first-order valence-corrected chi connectivity index (χ1v) is 9.70. The van der Waals surface area contributed by atoms with Crippen LogP contribution in [0.5, 0.6) is 5.75 Å². The van der Waals surface area contributed by atoms with Crippen molar-refractivity contribution in [3.8, 4) is 5.75 Å². The Hall–Kier alpha value is -2.61. The molecule has 0 aromatic heterocycles. The van der Waals surface area contributed by atoms with Crippen molar-refractivity contribution in [1.82, 2.24) is 20.4 Å². The minimum atomic E-state index is -1.16. The predicted molar refractivity (Wildman–Crippen MR) is 104 cm³/mol. The number of benzene rings is 1. The molecule has 1 aromatic carbocycles. The second kappa shape index (κ2) is 8.18. The maximum absolute atomic E-state index is 13.2. The molecule has 8 nitrogen and oxygen atoms in total. The Bertz CT molecular complexity index is 773. The summed E-state index contributed by atoms with van der Waals surface area (Å²) in [6.07, 6.45) is 1.25. The number of rotatable bonds is 5. The highest BCUT2D eigenvalue weighted by molar-refractivity contribution is 6.09. The van der Waals surface area contributed by atoms with Gasteiger partial charge in [-0.05, 0) is 49.6 Å². The maximum Gasteiger partial charge on any atom is 0.325 e. The lowest BCUT2D eigenvalue weighted by Crippen LogP contribution is -2.46. The van der Waals surface area contributed by atoms with Gasteiger partial charge < -0.3 is 20.3 Å². The van der Waals surface area contributed by atoms with Crippen LogP contribution in [0.1, 0.15) is 30.9 Å². The molecule has 2 aliphatic rings. The third-order valence-corrected chi connectivity index (χ3v) is 5.58. The van der Waals surface area contributed by atoms with Crippen LogP contribution in [0.25, 0.3) is 0 Å². The van der Waals surface area contributed by atoms with E-state index in [0.29, 0.717) is 30.8 Å². The Kier molecular flexibility index (Phi) is 5.88. The molecule has 0 saturated carbocycles. The summed E-state index contributed by atoms with van der Waals surface area (Å²) in [6.45, 7) is 6.30. The van der Waals surface area contributed by atoms with Crippen LogP contribution in [-0.4, -0.2) is 67.5 Å². The number of aryl methyl sites for hydroxylation is 1. The minimum Gasteiger partial charge on any atom is -0.496 e. The van der Waals surface area contributed by atoms with Crippen LogP contribution in [0.4, 0.5) is 4.79 Å². The lowest BCUT2D eigenvalue weighted by atomic mass is 9.86. The lowest BCUT2D eigenvalue weighted by Gasteiger charge is -2.27. The summed E-state index contributed by atoms with van der Waals surface area (Å²) >= 11 is 0. The Balaban J connectivity index is 1.82. The summed E-state index contributed by atoms with van der Waals surface area (Å²) < 4.78 is 5.29. The van der Waals surface area contributed by atoms with Crippen LogP contribution in [0.3, 0.4) is 0 Å². The fourth-order valence-corrected chi connectivity index (χ4v) is 3.88. The minimum absolute atomic E-state index is 0.204. The fraction of sp³-hybridized carbons (Fsp3) is 0.550. The average Bonchev–Trinajstić information content (AvgIpc) is 2.89. The van der Waals surface area contributed by atoms with Gasteiger partial charge in [-0.1, -0.05) is 13.0 Å². The average molecular weight is 388 g/mol. The first kappa shape index (κ1) is 20.1. The molecule has 0 radical (unpaired) electrons. The molecule has 8 heteroatoms. The molecule has 0 spiro atoms. The van der Waals surface area contributed by atoms with Crippen LogP contribution in [-0.2, 0) is 15.1 Å². The summed E-state index contributed by atoms with van der Waals surface area (Å²) in [7, 11) is 1.59. The third-order valence-electron chi connectivity index (χ3n) is 5.58. The number of carbonyl (C=O) groups is 3. The molecule has 0 aliphatic carbocycles. The number of hydrogen-bond acceptors (Lipinski definition) is 5. The van der Waals surface area contributed by atoms with Gasteiger partial charge in [-0.15, -0.1) is 0 Å². The molecular weight excluding hydrogens is 360 g/mol. The topological polar surface area (TPSA) is 91.0 Å². The standard InChI is InChI=1S/C20H28N4O4/c1-4-20(15-6-7-16(28-3)14(2)12-15)18(26)24(19(27)22-20)13-17(25)23-10-5-8-21-9-11-23/h6-7,12,21H,4-5,8-11,13H2,1-3H3,(H,22,27). The van der Waals surface area contributed by atoms with Gasteiger partial charge in [0.05, 0.1) is 7.11 Å². The first-order valence-electron chi connectivity index (χ1n) is 9.70. The normalized spacial score (nSPS) is 22.8. The number of amides is 4. The zero-order valence-electron chi connectivity index (χ0n) is 16.7. The smallest absolute Gasteiger partial charge is 0.325 e. The van der Waals surface area contributed by atoms with Crippen molar-refractivity contribution >= 4 is 17.8 Å². The van der Waals surface area contributed by atoms with Crippen LogP contribution in [0.15, 0.2) is 18.2 Å². The molecule has 1 atom stereocenters. The zero-order valence-corrected chi connectivity index (χ0v) is 16.7. The van der Waals surface area contributed by atoms with Gasteiger partial charge in [0, 0.05) is 19.6 Å². The molecule has 152 valence electrons. The lowest BCUT2D eigenvalue weighted by molar-refractivity contribution is -0.139. The zero-order chi connectivity index (χ0) is 20.3. The second-order valence-electron chi connectivity index (χ2n) is 7.25. The van der Waals surface area contributed by atoms with Crippen molar-refractivity contribution in [2.75, 3.05) is 39.8 Å². The maximum atomic E-state index is 13.2. The molecule has 2 saturated heterocycles. The highest BCUT2D eigenvalue weighted by atomic mass is 16.5. The van der Waals surface area contributed by atoms with Crippen molar-refractivity contribution in [3.63, 3.8) is 0 Å². The number of ether oxygens (including phenoxy) is 1. The quantitative estimate of drug-likeness (QED) is 0.734. The van der Waals surface area contributed by atoms with E-state index in [4.69, 9.17) is 4.74 Å². The Morgan fingerprint density at radius 2 is 2.04 bits per heavy atom.